The van der Waals surface area contributed by atoms with Gasteiger partial charge in [-0.2, -0.15) is 11.3 Å². The molecule has 1 aliphatic rings. The Morgan fingerprint density at radius 3 is 2.74 bits per heavy atom. The maximum Gasteiger partial charge on any atom is 0.246 e. The van der Waals surface area contributed by atoms with Crippen LogP contribution in [0.15, 0.2) is 16.8 Å². The van der Waals surface area contributed by atoms with E-state index in [-0.39, 0.29) is 17.9 Å². The van der Waals surface area contributed by atoms with Gasteiger partial charge in [0.25, 0.3) is 0 Å². The summed E-state index contributed by atoms with van der Waals surface area (Å²) in [6.45, 7) is 6.12. The molecule has 5 heteroatoms. The Morgan fingerprint density at radius 2 is 2.16 bits per heavy atom. The smallest absolute Gasteiger partial charge is 0.246 e. The molecule has 4 nitrogen and oxygen atoms in total. The number of piperazine rings is 1. The highest BCUT2D eigenvalue weighted by Gasteiger charge is 2.45. The topological polar surface area (TPSA) is 49.4 Å². The Kier molecular flexibility index (Phi) is 3.94. The van der Waals surface area contributed by atoms with Crippen LogP contribution in [0.5, 0.6) is 0 Å². The largest absolute Gasteiger partial charge is 0.342 e. The fourth-order valence-corrected chi connectivity index (χ4v) is 2.97. The van der Waals surface area contributed by atoms with Crippen LogP contribution in [0.2, 0.25) is 0 Å². The minimum absolute atomic E-state index is 0.0256. The highest BCUT2D eigenvalue weighted by Crippen LogP contribution is 2.25. The van der Waals surface area contributed by atoms with Crippen molar-refractivity contribution in [1.29, 1.82) is 0 Å². The van der Waals surface area contributed by atoms with E-state index in [2.05, 4.69) is 5.32 Å². The van der Waals surface area contributed by atoms with Gasteiger partial charge in [-0.1, -0.05) is 13.3 Å². The summed E-state index contributed by atoms with van der Waals surface area (Å²) in [5.41, 5.74) is 0.292. The zero-order chi connectivity index (χ0) is 14.0. The third-order valence-electron chi connectivity index (χ3n) is 3.60. The van der Waals surface area contributed by atoms with E-state index < -0.39 is 5.54 Å². The first-order valence-corrected chi connectivity index (χ1v) is 7.54. The summed E-state index contributed by atoms with van der Waals surface area (Å²) in [5.74, 6) is -0.0431. The first-order valence-electron chi connectivity index (χ1n) is 6.60. The molecule has 2 heterocycles. The fourth-order valence-electron chi connectivity index (χ4n) is 2.31. The molecule has 1 saturated heterocycles. The molecule has 0 radical (unpaired) electrons. The number of hydrogen-bond acceptors (Lipinski definition) is 3. The Labute approximate surface area is 117 Å². The van der Waals surface area contributed by atoms with E-state index in [9.17, 15) is 9.59 Å². The molecule has 1 aliphatic heterocycles. The molecule has 0 aliphatic carbocycles. The Morgan fingerprint density at radius 1 is 1.42 bits per heavy atom. The quantitative estimate of drug-likeness (QED) is 0.918. The van der Waals surface area contributed by atoms with Gasteiger partial charge >= 0.3 is 0 Å². The first kappa shape index (κ1) is 14.1. The van der Waals surface area contributed by atoms with Crippen molar-refractivity contribution in [2.45, 2.75) is 51.7 Å². The average molecular weight is 280 g/mol. The van der Waals surface area contributed by atoms with Crippen LogP contribution in [0.3, 0.4) is 0 Å². The van der Waals surface area contributed by atoms with Gasteiger partial charge in [0, 0.05) is 6.54 Å². The minimum atomic E-state index is -0.788. The lowest BCUT2D eigenvalue weighted by Crippen LogP contribution is -2.67. The second kappa shape index (κ2) is 5.33. The molecule has 19 heavy (non-hydrogen) atoms. The van der Waals surface area contributed by atoms with E-state index in [0.29, 0.717) is 13.0 Å². The van der Waals surface area contributed by atoms with Crippen molar-refractivity contribution in [3.63, 3.8) is 0 Å². The third-order valence-corrected chi connectivity index (χ3v) is 4.33. The number of carbonyl (C=O) groups is 2. The van der Waals surface area contributed by atoms with Gasteiger partial charge in [0.2, 0.25) is 11.8 Å². The lowest BCUT2D eigenvalue weighted by atomic mass is 9.93. The predicted molar refractivity (Wildman–Crippen MR) is 75.8 cm³/mol. The fraction of sp³-hybridized carbons (Fsp3) is 0.571. The van der Waals surface area contributed by atoms with Crippen molar-refractivity contribution in [3.05, 3.63) is 22.4 Å². The predicted octanol–water partition coefficient (Wildman–Crippen LogP) is 2.15. The number of carbonyl (C=O) groups excluding carboxylic acids is 2. The van der Waals surface area contributed by atoms with E-state index in [1.54, 1.807) is 30.1 Å². The number of nitrogens with one attached hydrogen (secondary N) is 1. The van der Waals surface area contributed by atoms with Gasteiger partial charge in [-0.05, 0) is 42.7 Å². The molecular formula is C14H20N2O2S. The van der Waals surface area contributed by atoms with Gasteiger partial charge in [-0.25, -0.2) is 0 Å². The molecule has 0 aromatic carbocycles. The molecule has 1 aromatic rings. The molecule has 1 unspecified atom stereocenters. The van der Waals surface area contributed by atoms with Crippen molar-refractivity contribution >= 4 is 23.2 Å². The highest BCUT2D eigenvalue weighted by atomic mass is 32.1. The van der Waals surface area contributed by atoms with Gasteiger partial charge in [0.1, 0.15) is 11.6 Å². The lowest BCUT2D eigenvalue weighted by molar-refractivity contribution is -0.156. The lowest BCUT2D eigenvalue weighted by Gasteiger charge is -2.44. The van der Waals surface area contributed by atoms with Crippen LogP contribution < -0.4 is 5.32 Å². The summed E-state index contributed by atoms with van der Waals surface area (Å²) >= 11 is 1.60. The van der Waals surface area contributed by atoms with Crippen LogP contribution in [-0.4, -0.2) is 28.3 Å². The molecule has 1 N–H and O–H groups in total. The molecule has 104 valence electrons. The summed E-state index contributed by atoms with van der Waals surface area (Å²) in [7, 11) is 0. The monoisotopic (exact) mass is 280 g/mol. The van der Waals surface area contributed by atoms with Crippen LogP contribution in [0, 0.1) is 0 Å². The van der Waals surface area contributed by atoms with Crippen molar-refractivity contribution in [1.82, 2.24) is 10.2 Å². The number of rotatable bonds is 4. The first-order chi connectivity index (χ1) is 8.96. The Bertz CT molecular complexity index is 468. The standard InChI is InChI=1S/C14H20N2O2S/c1-4-5-11-12(17)16(8-10-6-7-19-9-10)14(2,3)13(18)15-11/h6-7,9,11H,4-5,8H2,1-3H3,(H,15,18). The van der Waals surface area contributed by atoms with Crippen molar-refractivity contribution in [2.24, 2.45) is 0 Å². The second-order valence-corrected chi connectivity index (χ2v) is 6.21. The van der Waals surface area contributed by atoms with Gasteiger partial charge in [-0.15, -0.1) is 0 Å². The number of nitrogens with zero attached hydrogens (tertiary/aromatic N) is 1. The van der Waals surface area contributed by atoms with Gasteiger partial charge < -0.3 is 10.2 Å². The van der Waals surface area contributed by atoms with Crippen molar-refractivity contribution < 1.29 is 9.59 Å². The van der Waals surface area contributed by atoms with Crippen LogP contribution in [-0.2, 0) is 16.1 Å². The van der Waals surface area contributed by atoms with Gasteiger partial charge in [0.05, 0.1) is 0 Å². The average Bonchev–Trinajstić information content (AvgIpc) is 2.85. The van der Waals surface area contributed by atoms with E-state index in [0.717, 1.165) is 12.0 Å². The highest BCUT2D eigenvalue weighted by molar-refractivity contribution is 7.07. The maximum atomic E-state index is 12.5. The van der Waals surface area contributed by atoms with Crippen LogP contribution in [0.25, 0.3) is 0 Å². The van der Waals surface area contributed by atoms with Crippen LogP contribution >= 0.6 is 11.3 Å². The van der Waals surface area contributed by atoms with Gasteiger partial charge in [0.15, 0.2) is 0 Å². The normalized spacial score (nSPS) is 22.5. The molecule has 2 amide bonds. The number of amides is 2. The van der Waals surface area contributed by atoms with E-state index in [1.807, 2.05) is 23.8 Å². The molecule has 1 aromatic heterocycles. The van der Waals surface area contributed by atoms with E-state index in [1.165, 1.54) is 0 Å². The number of hydrogen-bond donors (Lipinski definition) is 1. The minimum Gasteiger partial charge on any atom is -0.342 e. The maximum absolute atomic E-state index is 12.5. The molecule has 2 rings (SSSR count). The third kappa shape index (κ3) is 2.66. The summed E-state index contributed by atoms with van der Waals surface area (Å²) in [5, 5.41) is 6.84. The van der Waals surface area contributed by atoms with Gasteiger partial charge in [-0.3, -0.25) is 9.59 Å². The molecule has 1 fully saturated rings. The molecule has 0 saturated carbocycles. The SMILES string of the molecule is CCCC1NC(=O)C(C)(C)N(Cc2ccsc2)C1=O. The zero-order valence-electron chi connectivity index (χ0n) is 11.6. The van der Waals surface area contributed by atoms with Crippen LogP contribution in [0.4, 0.5) is 0 Å². The van der Waals surface area contributed by atoms with E-state index in [4.69, 9.17) is 0 Å². The molecule has 1 atom stereocenters. The molecule has 0 spiro atoms. The summed E-state index contributed by atoms with van der Waals surface area (Å²) in [4.78, 5) is 26.4. The van der Waals surface area contributed by atoms with E-state index >= 15 is 0 Å². The molecular weight excluding hydrogens is 260 g/mol. The second-order valence-electron chi connectivity index (χ2n) is 5.43. The number of thiophene rings is 1. The zero-order valence-corrected chi connectivity index (χ0v) is 12.4. The Hall–Kier alpha value is -1.36. The Balaban J connectivity index is 2.24. The summed E-state index contributed by atoms with van der Waals surface area (Å²) in [6.07, 6.45) is 1.57. The van der Waals surface area contributed by atoms with Crippen LogP contribution in [0.1, 0.15) is 39.2 Å². The summed E-state index contributed by atoms with van der Waals surface area (Å²) in [6, 6.07) is 1.62. The summed E-state index contributed by atoms with van der Waals surface area (Å²) < 4.78 is 0. The molecule has 0 bridgehead atoms. The van der Waals surface area contributed by atoms with Crippen molar-refractivity contribution in [2.75, 3.05) is 0 Å². The van der Waals surface area contributed by atoms with Crippen molar-refractivity contribution in [3.8, 4) is 0 Å².